The second kappa shape index (κ2) is 7.46. The molecule has 1 unspecified atom stereocenters. The third kappa shape index (κ3) is 5.35. The molecule has 3 N–H and O–H groups in total. The molecule has 1 heterocycles. The topological polar surface area (TPSA) is 63.8 Å². The van der Waals surface area contributed by atoms with Gasteiger partial charge in [-0.2, -0.15) is 0 Å². The molecule has 0 bridgehead atoms. The Labute approximate surface area is 123 Å². The molecule has 114 valence electrons. The van der Waals surface area contributed by atoms with E-state index in [-0.39, 0.29) is 5.41 Å². The average Bonchev–Trinajstić information content (AvgIpc) is 2.37. The van der Waals surface area contributed by atoms with Crippen LogP contribution in [0, 0.1) is 5.92 Å². The van der Waals surface area contributed by atoms with E-state index in [9.17, 15) is 0 Å². The molecule has 0 saturated carbocycles. The van der Waals surface area contributed by atoms with Crippen LogP contribution in [0.1, 0.15) is 66.1 Å². The molecule has 0 fully saturated rings. The van der Waals surface area contributed by atoms with Crippen LogP contribution >= 0.6 is 0 Å². The molecule has 0 aliphatic heterocycles. The Bertz CT molecular complexity index is 409. The number of nitrogens with two attached hydrogens (primary N) is 1. The summed E-state index contributed by atoms with van der Waals surface area (Å²) in [5.74, 6) is 2.87. The smallest absolute Gasteiger partial charge is 0.138 e. The van der Waals surface area contributed by atoms with Gasteiger partial charge in [0, 0.05) is 18.0 Å². The van der Waals surface area contributed by atoms with Gasteiger partial charge in [-0.3, -0.25) is 0 Å². The standard InChI is InChI=1S/C16H30N4/c1-6-8-9-12(7-2)11-18-14-10-13(17)19-15(20-14)16(3,4)5/h10,12H,6-9,11H2,1-5H3,(H3,17,18,19,20). The molecule has 1 atom stereocenters. The average molecular weight is 278 g/mol. The van der Waals surface area contributed by atoms with Crippen LogP contribution in [0.5, 0.6) is 0 Å². The van der Waals surface area contributed by atoms with Crippen molar-refractivity contribution in [3.8, 4) is 0 Å². The number of unbranched alkanes of at least 4 members (excludes halogenated alkanes) is 1. The maximum absolute atomic E-state index is 5.88. The maximum atomic E-state index is 5.88. The molecule has 4 nitrogen and oxygen atoms in total. The first-order valence-electron chi connectivity index (χ1n) is 7.75. The van der Waals surface area contributed by atoms with Crippen LogP contribution in [0.2, 0.25) is 0 Å². The fourth-order valence-electron chi connectivity index (χ4n) is 2.08. The van der Waals surface area contributed by atoms with Crippen molar-refractivity contribution in [3.05, 3.63) is 11.9 Å². The van der Waals surface area contributed by atoms with Gasteiger partial charge in [0.05, 0.1) is 0 Å². The van der Waals surface area contributed by atoms with E-state index >= 15 is 0 Å². The minimum Gasteiger partial charge on any atom is -0.384 e. The second-order valence-corrected chi connectivity index (χ2v) is 6.55. The highest BCUT2D eigenvalue weighted by Crippen LogP contribution is 2.21. The van der Waals surface area contributed by atoms with Crippen LogP contribution < -0.4 is 11.1 Å². The monoisotopic (exact) mass is 278 g/mol. The molecule has 0 aliphatic rings. The van der Waals surface area contributed by atoms with E-state index in [1.807, 2.05) is 6.07 Å². The highest BCUT2D eigenvalue weighted by Gasteiger charge is 2.18. The zero-order valence-corrected chi connectivity index (χ0v) is 13.7. The van der Waals surface area contributed by atoms with Gasteiger partial charge >= 0.3 is 0 Å². The first kappa shape index (κ1) is 16.7. The van der Waals surface area contributed by atoms with Gasteiger partial charge in [-0.15, -0.1) is 0 Å². The number of rotatable bonds is 7. The molecule has 0 spiro atoms. The molecule has 0 aromatic carbocycles. The summed E-state index contributed by atoms with van der Waals surface area (Å²) in [5, 5.41) is 3.43. The van der Waals surface area contributed by atoms with Crippen LogP contribution in [-0.4, -0.2) is 16.5 Å². The minimum atomic E-state index is -0.0851. The van der Waals surface area contributed by atoms with E-state index in [1.54, 1.807) is 0 Å². The summed E-state index contributed by atoms with van der Waals surface area (Å²) in [6.45, 7) is 11.7. The fraction of sp³-hybridized carbons (Fsp3) is 0.750. The van der Waals surface area contributed by atoms with Gasteiger partial charge < -0.3 is 11.1 Å². The first-order valence-corrected chi connectivity index (χ1v) is 7.75. The van der Waals surface area contributed by atoms with Crippen LogP contribution in [0.15, 0.2) is 6.07 Å². The molecule has 1 rings (SSSR count). The molecule has 0 amide bonds. The minimum absolute atomic E-state index is 0.0851. The lowest BCUT2D eigenvalue weighted by Gasteiger charge is -2.19. The third-order valence-corrected chi connectivity index (χ3v) is 3.53. The Morgan fingerprint density at radius 3 is 2.50 bits per heavy atom. The summed E-state index contributed by atoms with van der Waals surface area (Å²) < 4.78 is 0. The van der Waals surface area contributed by atoms with E-state index in [0.29, 0.717) is 11.7 Å². The number of nitrogens with zero attached hydrogens (tertiary/aromatic N) is 2. The lowest BCUT2D eigenvalue weighted by atomic mass is 9.96. The summed E-state index contributed by atoms with van der Waals surface area (Å²) >= 11 is 0. The van der Waals surface area contributed by atoms with Crippen molar-refractivity contribution in [3.63, 3.8) is 0 Å². The van der Waals surface area contributed by atoms with Gasteiger partial charge in [-0.25, -0.2) is 9.97 Å². The van der Waals surface area contributed by atoms with Crippen LogP contribution in [-0.2, 0) is 5.41 Å². The highest BCUT2D eigenvalue weighted by atomic mass is 15.1. The molecule has 0 radical (unpaired) electrons. The van der Waals surface area contributed by atoms with E-state index in [2.05, 4.69) is 49.9 Å². The van der Waals surface area contributed by atoms with E-state index < -0.39 is 0 Å². The Kier molecular flexibility index (Phi) is 6.24. The summed E-state index contributed by atoms with van der Waals surface area (Å²) in [7, 11) is 0. The lowest BCUT2D eigenvalue weighted by molar-refractivity contribution is 0.472. The number of nitrogen functional groups attached to an aromatic ring is 1. The molecular weight excluding hydrogens is 248 g/mol. The molecule has 1 aromatic rings. The van der Waals surface area contributed by atoms with Crippen molar-refractivity contribution < 1.29 is 0 Å². The SMILES string of the molecule is CCCCC(CC)CNc1cc(N)nc(C(C)(C)C)n1. The Morgan fingerprint density at radius 2 is 1.95 bits per heavy atom. The van der Waals surface area contributed by atoms with Crippen molar-refractivity contribution >= 4 is 11.6 Å². The summed E-state index contributed by atoms with van der Waals surface area (Å²) in [5.41, 5.74) is 5.80. The maximum Gasteiger partial charge on any atom is 0.138 e. The summed E-state index contributed by atoms with van der Waals surface area (Å²) in [6.07, 6.45) is 5.01. The largest absolute Gasteiger partial charge is 0.384 e. The lowest BCUT2D eigenvalue weighted by Crippen LogP contribution is -2.20. The van der Waals surface area contributed by atoms with Gasteiger partial charge in [0.1, 0.15) is 17.5 Å². The van der Waals surface area contributed by atoms with Gasteiger partial charge in [0.25, 0.3) is 0 Å². The van der Waals surface area contributed by atoms with Crippen LogP contribution in [0.3, 0.4) is 0 Å². The third-order valence-electron chi connectivity index (χ3n) is 3.53. The van der Waals surface area contributed by atoms with Crippen molar-refractivity contribution in [2.45, 2.75) is 65.7 Å². The molecule has 1 aromatic heterocycles. The number of nitrogens with one attached hydrogen (secondary N) is 1. The number of aromatic nitrogens is 2. The number of hydrogen-bond acceptors (Lipinski definition) is 4. The first-order chi connectivity index (χ1) is 9.36. The zero-order valence-electron chi connectivity index (χ0n) is 13.7. The Hall–Kier alpha value is -1.32. The second-order valence-electron chi connectivity index (χ2n) is 6.55. The van der Waals surface area contributed by atoms with Crippen molar-refractivity contribution in [1.29, 1.82) is 0 Å². The van der Waals surface area contributed by atoms with Gasteiger partial charge in [-0.1, -0.05) is 53.9 Å². The van der Waals surface area contributed by atoms with Gasteiger partial charge in [0.15, 0.2) is 0 Å². The molecule has 0 saturated heterocycles. The predicted octanol–water partition coefficient (Wildman–Crippen LogP) is 3.98. The normalized spacial score (nSPS) is 13.2. The Balaban J connectivity index is 2.70. The zero-order chi connectivity index (χ0) is 15.2. The van der Waals surface area contributed by atoms with Crippen molar-refractivity contribution in [2.24, 2.45) is 5.92 Å². The quantitative estimate of drug-likeness (QED) is 0.791. The molecule has 4 heteroatoms. The van der Waals surface area contributed by atoms with E-state index in [0.717, 1.165) is 18.2 Å². The van der Waals surface area contributed by atoms with Crippen molar-refractivity contribution in [1.82, 2.24) is 9.97 Å². The van der Waals surface area contributed by atoms with Crippen LogP contribution in [0.25, 0.3) is 0 Å². The van der Waals surface area contributed by atoms with Gasteiger partial charge in [-0.05, 0) is 12.3 Å². The summed E-state index contributed by atoms with van der Waals surface area (Å²) in [6, 6.07) is 1.82. The van der Waals surface area contributed by atoms with Crippen LogP contribution in [0.4, 0.5) is 11.6 Å². The number of hydrogen-bond donors (Lipinski definition) is 2. The number of anilines is 2. The van der Waals surface area contributed by atoms with Gasteiger partial charge in [0.2, 0.25) is 0 Å². The van der Waals surface area contributed by atoms with E-state index in [1.165, 1.54) is 25.7 Å². The van der Waals surface area contributed by atoms with E-state index in [4.69, 9.17) is 5.73 Å². The van der Waals surface area contributed by atoms with Crippen molar-refractivity contribution in [2.75, 3.05) is 17.6 Å². The molecule has 20 heavy (non-hydrogen) atoms. The molecular formula is C16H30N4. The predicted molar refractivity (Wildman–Crippen MR) is 86.9 cm³/mol. The Morgan fingerprint density at radius 1 is 1.25 bits per heavy atom. The fourth-order valence-corrected chi connectivity index (χ4v) is 2.08. The highest BCUT2D eigenvalue weighted by molar-refractivity contribution is 5.45. The molecule has 0 aliphatic carbocycles. The summed E-state index contributed by atoms with van der Waals surface area (Å²) in [4.78, 5) is 8.92.